The Hall–Kier alpha value is -1.46. The van der Waals surface area contributed by atoms with E-state index in [9.17, 15) is 8.42 Å². The van der Waals surface area contributed by atoms with Crippen molar-refractivity contribution in [1.29, 1.82) is 0 Å². The fourth-order valence-electron chi connectivity index (χ4n) is 1.47. The normalized spacial score (nSPS) is 11.2. The molecule has 0 spiro atoms. The minimum atomic E-state index is -3.66. The van der Waals surface area contributed by atoms with Crippen LogP contribution in [0, 0.1) is 0 Å². The average molecular weight is 280 g/mol. The largest absolute Gasteiger partial charge is 0.381 e. The Bertz CT molecular complexity index is 622. The lowest BCUT2D eigenvalue weighted by atomic mass is 10.2. The molecule has 0 N–H and O–H groups in total. The molecule has 0 aliphatic rings. The second kappa shape index (κ2) is 5.46. The highest BCUT2D eigenvalue weighted by molar-refractivity contribution is 7.86. The maximum Gasteiger partial charge on any atom is 0.313 e. The molecular formula is C13H12O3S2. The number of para-hydroxylation sites is 1. The molecule has 18 heavy (non-hydrogen) atoms. The van der Waals surface area contributed by atoms with Gasteiger partial charge in [-0.1, -0.05) is 42.5 Å². The van der Waals surface area contributed by atoms with E-state index in [4.69, 9.17) is 4.18 Å². The number of hydrogen-bond donors (Lipinski definition) is 1. The molecule has 0 saturated heterocycles. The zero-order valence-electron chi connectivity index (χ0n) is 9.48. The van der Waals surface area contributed by atoms with Gasteiger partial charge in [0.2, 0.25) is 0 Å². The zero-order valence-corrected chi connectivity index (χ0v) is 11.2. The van der Waals surface area contributed by atoms with Crippen molar-refractivity contribution in [3.63, 3.8) is 0 Å². The van der Waals surface area contributed by atoms with Gasteiger partial charge < -0.3 is 4.18 Å². The first-order valence-electron chi connectivity index (χ1n) is 5.31. The molecule has 0 unspecified atom stereocenters. The van der Waals surface area contributed by atoms with Gasteiger partial charge in [0.15, 0.2) is 5.75 Å². The van der Waals surface area contributed by atoms with Crippen molar-refractivity contribution in [3.05, 3.63) is 60.2 Å². The summed E-state index contributed by atoms with van der Waals surface area (Å²) < 4.78 is 28.8. The predicted octanol–water partition coefficient (Wildman–Crippen LogP) is 2.88. The monoisotopic (exact) mass is 280 g/mol. The quantitative estimate of drug-likeness (QED) is 0.692. The minimum Gasteiger partial charge on any atom is -0.381 e. The molecule has 94 valence electrons. The summed E-state index contributed by atoms with van der Waals surface area (Å²) in [4.78, 5) is 0.495. The fourth-order valence-corrected chi connectivity index (χ4v) is 2.82. The molecule has 0 atom stereocenters. The van der Waals surface area contributed by atoms with Crippen molar-refractivity contribution in [1.82, 2.24) is 0 Å². The number of benzene rings is 2. The number of rotatable bonds is 4. The van der Waals surface area contributed by atoms with Crippen molar-refractivity contribution in [2.45, 2.75) is 10.6 Å². The maximum absolute atomic E-state index is 11.9. The summed E-state index contributed by atoms with van der Waals surface area (Å²) in [7, 11) is -3.66. The molecule has 2 aromatic rings. The van der Waals surface area contributed by atoms with Crippen molar-refractivity contribution < 1.29 is 12.6 Å². The lowest BCUT2D eigenvalue weighted by molar-refractivity contribution is 0.479. The van der Waals surface area contributed by atoms with Crippen LogP contribution in [0.3, 0.4) is 0 Å². The van der Waals surface area contributed by atoms with Crippen LogP contribution in [-0.4, -0.2) is 8.42 Å². The van der Waals surface area contributed by atoms with Crippen LogP contribution in [0.25, 0.3) is 0 Å². The molecule has 5 heteroatoms. The van der Waals surface area contributed by atoms with Gasteiger partial charge in [-0.2, -0.15) is 8.42 Å². The summed E-state index contributed by atoms with van der Waals surface area (Å²) in [6.07, 6.45) is 0. The SMILES string of the molecule is O=S(=O)(Cc1ccccc1)Oc1ccccc1S. The topological polar surface area (TPSA) is 43.4 Å². The van der Waals surface area contributed by atoms with Gasteiger partial charge in [0.1, 0.15) is 5.75 Å². The van der Waals surface area contributed by atoms with E-state index in [1.54, 1.807) is 48.5 Å². The van der Waals surface area contributed by atoms with Crippen molar-refractivity contribution >= 4 is 22.7 Å². The highest BCUT2D eigenvalue weighted by Gasteiger charge is 2.15. The van der Waals surface area contributed by atoms with E-state index in [0.29, 0.717) is 10.5 Å². The molecule has 0 saturated carbocycles. The van der Waals surface area contributed by atoms with E-state index in [0.717, 1.165) is 0 Å². The second-order valence-electron chi connectivity index (χ2n) is 3.74. The Kier molecular flexibility index (Phi) is 3.93. The molecular weight excluding hydrogens is 268 g/mol. The van der Waals surface area contributed by atoms with Gasteiger partial charge >= 0.3 is 10.1 Å². The molecule has 0 amide bonds. The Morgan fingerprint density at radius 1 is 0.944 bits per heavy atom. The van der Waals surface area contributed by atoms with Crippen LogP contribution in [0.4, 0.5) is 0 Å². The molecule has 0 radical (unpaired) electrons. The van der Waals surface area contributed by atoms with E-state index in [-0.39, 0.29) is 11.5 Å². The van der Waals surface area contributed by atoms with E-state index in [1.807, 2.05) is 6.07 Å². The number of thiol groups is 1. The van der Waals surface area contributed by atoms with Gasteiger partial charge in [-0.25, -0.2) is 0 Å². The van der Waals surface area contributed by atoms with Crippen molar-refractivity contribution in [2.75, 3.05) is 0 Å². The summed E-state index contributed by atoms with van der Waals surface area (Å²) in [6.45, 7) is 0. The van der Waals surface area contributed by atoms with E-state index in [1.165, 1.54) is 0 Å². The summed E-state index contributed by atoms with van der Waals surface area (Å²) in [5.74, 6) is 0.0902. The van der Waals surface area contributed by atoms with Crippen molar-refractivity contribution in [2.24, 2.45) is 0 Å². The summed E-state index contributed by atoms with van der Waals surface area (Å²) in [5, 5.41) is 0. The molecule has 0 aliphatic heterocycles. The van der Waals surface area contributed by atoms with Crippen LogP contribution >= 0.6 is 12.6 Å². The first-order chi connectivity index (χ1) is 8.57. The summed E-state index contributed by atoms with van der Waals surface area (Å²) in [6, 6.07) is 15.6. The molecule has 2 aromatic carbocycles. The van der Waals surface area contributed by atoms with Gasteiger partial charge in [0, 0.05) is 4.90 Å². The maximum atomic E-state index is 11.9. The van der Waals surface area contributed by atoms with Crippen molar-refractivity contribution in [3.8, 4) is 5.75 Å². The third-order valence-electron chi connectivity index (χ3n) is 2.27. The average Bonchev–Trinajstić information content (AvgIpc) is 2.32. The second-order valence-corrected chi connectivity index (χ2v) is 5.79. The fraction of sp³-hybridized carbons (Fsp3) is 0.0769. The Morgan fingerprint density at radius 2 is 1.56 bits per heavy atom. The van der Waals surface area contributed by atoms with E-state index in [2.05, 4.69) is 12.6 Å². The van der Waals surface area contributed by atoms with Crippen LogP contribution in [0.2, 0.25) is 0 Å². The third-order valence-corrected chi connectivity index (χ3v) is 3.76. The summed E-state index contributed by atoms with van der Waals surface area (Å²) >= 11 is 4.15. The standard InChI is InChI=1S/C13H12O3S2/c14-18(15,10-11-6-2-1-3-7-11)16-12-8-4-5-9-13(12)17/h1-9,17H,10H2. The van der Waals surface area contributed by atoms with E-state index >= 15 is 0 Å². The summed E-state index contributed by atoms with van der Waals surface area (Å²) in [5.41, 5.74) is 0.689. The highest BCUT2D eigenvalue weighted by Crippen LogP contribution is 2.23. The molecule has 0 bridgehead atoms. The van der Waals surface area contributed by atoms with Crippen LogP contribution in [0.15, 0.2) is 59.5 Å². The number of hydrogen-bond acceptors (Lipinski definition) is 4. The lowest BCUT2D eigenvalue weighted by Crippen LogP contribution is -2.12. The van der Waals surface area contributed by atoms with Crippen LogP contribution < -0.4 is 4.18 Å². The molecule has 0 aliphatic carbocycles. The lowest BCUT2D eigenvalue weighted by Gasteiger charge is -2.08. The van der Waals surface area contributed by atoms with E-state index < -0.39 is 10.1 Å². The van der Waals surface area contributed by atoms with Crippen LogP contribution in [0.1, 0.15) is 5.56 Å². The van der Waals surface area contributed by atoms with Gasteiger partial charge in [0.25, 0.3) is 0 Å². The minimum absolute atomic E-state index is 0.157. The van der Waals surface area contributed by atoms with Gasteiger partial charge in [-0.15, -0.1) is 12.6 Å². The van der Waals surface area contributed by atoms with Gasteiger partial charge in [0.05, 0.1) is 0 Å². The van der Waals surface area contributed by atoms with Gasteiger partial charge in [-0.3, -0.25) is 0 Å². The molecule has 0 aromatic heterocycles. The molecule has 0 heterocycles. The molecule has 0 fully saturated rings. The molecule has 2 rings (SSSR count). The van der Waals surface area contributed by atoms with Gasteiger partial charge in [-0.05, 0) is 17.7 Å². The first kappa shape index (κ1) is 13.0. The third kappa shape index (κ3) is 3.51. The first-order valence-corrected chi connectivity index (χ1v) is 7.33. The van der Waals surface area contributed by atoms with Crippen LogP contribution in [0.5, 0.6) is 5.75 Å². The predicted molar refractivity (Wildman–Crippen MR) is 73.4 cm³/mol. The zero-order chi connectivity index (χ0) is 13.0. The smallest absolute Gasteiger partial charge is 0.313 e. The highest BCUT2D eigenvalue weighted by atomic mass is 32.2. The molecule has 3 nitrogen and oxygen atoms in total. The Morgan fingerprint density at radius 3 is 2.22 bits per heavy atom. The Labute approximate surface area is 112 Å². The Balaban J connectivity index is 2.16. The van der Waals surface area contributed by atoms with Crippen LogP contribution in [-0.2, 0) is 15.9 Å².